The Bertz CT molecular complexity index is 353. The van der Waals surface area contributed by atoms with Gasteiger partial charge in [0.05, 0.1) is 11.8 Å². The molecule has 0 aromatic heterocycles. The standard InChI is InChI=1S/C12H22N2O2S/c1-2-3-9-17(15,16)14-12(10-13)11-7-5-4-6-8-11/h11-12,14H,2-9H2,1H3. The Labute approximate surface area is 104 Å². The van der Waals surface area contributed by atoms with Crippen molar-refractivity contribution in [3.05, 3.63) is 0 Å². The van der Waals surface area contributed by atoms with Crippen molar-refractivity contribution in [1.82, 2.24) is 4.72 Å². The first kappa shape index (κ1) is 14.5. The van der Waals surface area contributed by atoms with E-state index in [-0.39, 0.29) is 11.7 Å². The number of nitrogens with one attached hydrogen (secondary N) is 1. The van der Waals surface area contributed by atoms with E-state index < -0.39 is 16.1 Å². The molecule has 1 unspecified atom stereocenters. The van der Waals surface area contributed by atoms with Crippen LogP contribution < -0.4 is 4.72 Å². The molecule has 98 valence electrons. The molecule has 1 aliphatic rings. The third kappa shape index (κ3) is 5.05. The molecule has 17 heavy (non-hydrogen) atoms. The van der Waals surface area contributed by atoms with Gasteiger partial charge in [-0.15, -0.1) is 0 Å². The van der Waals surface area contributed by atoms with Crippen molar-refractivity contribution in [3.8, 4) is 6.07 Å². The van der Waals surface area contributed by atoms with Crippen molar-refractivity contribution < 1.29 is 8.42 Å². The molecule has 5 heteroatoms. The molecule has 0 amide bonds. The molecular formula is C12H22N2O2S. The minimum Gasteiger partial charge on any atom is -0.212 e. The predicted molar refractivity (Wildman–Crippen MR) is 67.8 cm³/mol. The summed E-state index contributed by atoms with van der Waals surface area (Å²) in [5.74, 6) is 0.333. The van der Waals surface area contributed by atoms with Crippen molar-refractivity contribution in [1.29, 1.82) is 5.26 Å². The number of hydrogen-bond donors (Lipinski definition) is 1. The summed E-state index contributed by atoms with van der Waals surface area (Å²) in [6.45, 7) is 1.96. The number of nitriles is 1. The molecule has 0 aromatic carbocycles. The van der Waals surface area contributed by atoms with E-state index in [1.165, 1.54) is 6.42 Å². The van der Waals surface area contributed by atoms with Gasteiger partial charge in [-0.3, -0.25) is 0 Å². The molecule has 0 bridgehead atoms. The zero-order chi connectivity index (χ0) is 12.7. The molecule has 1 rings (SSSR count). The van der Waals surface area contributed by atoms with Crippen LogP contribution in [0.25, 0.3) is 0 Å². The highest BCUT2D eigenvalue weighted by Gasteiger charge is 2.26. The third-order valence-corrected chi connectivity index (χ3v) is 4.77. The molecule has 0 radical (unpaired) electrons. The number of unbranched alkanes of at least 4 members (excludes halogenated alkanes) is 1. The summed E-state index contributed by atoms with van der Waals surface area (Å²) in [5, 5.41) is 9.09. The van der Waals surface area contributed by atoms with Crippen LogP contribution in [-0.4, -0.2) is 20.2 Å². The summed E-state index contributed by atoms with van der Waals surface area (Å²) in [6.07, 6.45) is 6.86. The highest BCUT2D eigenvalue weighted by Crippen LogP contribution is 2.26. The average Bonchev–Trinajstić information content (AvgIpc) is 2.35. The van der Waals surface area contributed by atoms with Gasteiger partial charge in [0.25, 0.3) is 0 Å². The van der Waals surface area contributed by atoms with Crippen LogP contribution in [0.4, 0.5) is 0 Å². The molecule has 1 N–H and O–H groups in total. The maximum atomic E-state index is 11.7. The minimum atomic E-state index is -3.28. The third-order valence-electron chi connectivity index (χ3n) is 3.33. The van der Waals surface area contributed by atoms with E-state index in [9.17, 15) is 8.42 Å². The van der Waals surface area contributed by atoms with Crippen LogP contribution >= 0.6 is 0 Å². The molecular weight excluding hydrogens is 236 g/mol. The number of sulfonamides is 1. The molecule has 1 aliphatic carbocycles. The Morgan fingerprint density at radius 2 is 2.00 bits per heavy atom. The van der Waals surface area contributed by atoms with Gasteiger partial charge < -0.3 is 0 Å². The number of rotatable bonds is 6. The first-order valence-corrected chi connectivity index (χ1v) is 8.14. The van der Waals surface area contributed by atoms with Gasteiger partial charge in [0, 0.05) is 0 Å². The van der Waals surface area contributed by atoms with Gasteiger partial charge in [0.1, 0.15) is 6.04 Å². The maximum absolute atomic E-state index is 11.7. The molecule has 0 aromatic rings. The monoisotopic (exact) mass is 258 g/mol. The number of nitrogens with zero attached hydrogens (tertiary/aromatic N) is 1. The summed E-state index contributed by atoms with van der Waals surface area (Å²) >= 11 is 0. The molecule has 0 spiro atoms. The molecule has 0 saturated heterocycles. The van der Waals surface area contributed by atoms with Crippen molar-refractivity contribution >= 4 is 10.0 Å². The van der Waals surface area contributed by atoms with Crippen LogP contribution in [-0.2, 0) is 10.0 Å². The summed E-state index contributed by atoms with van der Waals surface area (Å²) in [7, 11) is -3.28. The normalized spacial score (nSPS) is 19.8. The molecule has 1 fully saturated rings. The van der Waals surface area contributed by atoms with E-state index >= 15 is 0 Å². The average molecular weight is 258 g/mol. The summed E-state index contributed by atoms with van der Waals surface area (Å²) in [4.78, 5) is 0. The Balaban J connectivity index is 2.54. The molecule has 0 aliphatic heterocycles. The molecule has 0 heterocycles. The molecule has 1 atom stereocenters. The van der Waals surface area contributed by atoms with Gasteiger partial charge >= 0.3 is 0 Å². The second-order valence-electron chi connectivity index (χ2n) is 4.80. The van der Waals surface area contributed by atoms with E-state index in [4.69, 9.17) is 5.26 Å². The molecule has 1 saturated carbocycles. The lowest BCUT2D eigenvalue weighted by molar-refractivity contribution is 0.324. The van der Waals surface area contributed by atoms with Crippen LogP contribution in [0.1, 0.15) is 51.9 Å². The second-order valence-corrected chi connectivity index (χ2v) is 6.67. The van der Waals surface area contributed by atoms with Gasteiger partial charge in [-0.25, -0.2) is 8.42 Å². The van der Waals surface area contributed by atoms with E-state index in [1.807, 2.05) is 6.92 Å². The van der Waals surface area contributed by atoms with Crippen LogP contribution in [0.15, 0.2) is 0 Å². The van der Waals surface area contributed by atoms with Crippen molar-refractivity contribution in [3.63, 3.8) is 0 Å². The second kappa shape index (κ2) is 6.97. The van der Waals surface area contributed by atoms with Crippen LogP contribution in [0.5, 0.6) is 0 Å². The fraction of sp³-hybridized carbons (Fsp3) is 0.917. The highest BCUT2D eigenvalue weighted by atomic mass is 32.2. The lowest BCUT2D eigenvalue weighted by atomic mass is 9.85. The first-order valence-electron chi connectivity index (χ1n) is 6.48. The first-order chi connectivity index (χ1) is 8.09. The van der Waals surface area contributed by atoms with E-state index in [2.05, 4.69) is 10.8 Å². The fourth-order valence-corrected chi connectivity index (χ4v) is 3.70. The smallest absolute Gasteiger partial charge is 0.212 e. The lowest BCUT2D eigenvalue weighted by Gasteiger charge is -2.26. The molecule has 4 nitrogen and oxygen atoms in total. The van der Waals surface area contributed by atoms with Gasteiger partial charge in [-0.05, 0) is 25.2 Å². The minimum absolute atomic E-state index is 0.133. The number of hydrogen-bond acceptors (Lipinski definition) is 3. The Morgan fingerprint density at radius 1 is 1.35 bits per heavy atom. The Kier molecular flexibility index (Phi) is 5.93. The fourth-order valence-electron chi connectivity index (χ4n) is 2.28. The Hall–Kier alpha value is -0.600. The predicted octanol–water partition coefficient (Wildman–Crippen LogP) is 2.18. The van der Waals surface area contributed by atoms with Crippen LogP contribution in [0.3, 0.4) is 0 Å². The highest BCUT2D eigenvalue weighted by molar-refractivity contribution is 7.89. The largest absolute Gasteiger partial charge is 0.212 e. The quantitative estimate of drug-likeness (QED) is 0.793. The van der Waals surface area contributed by atoms with Crippen molar-refractivity contribution in [2.24, 2.45) is 5.92 Å². The van der Waals surface area contributed by atoms with Gasteiger partial charge in [0.15, 0.2) is 0 Å². The van der Waals surface area contributed by atoms with Gasteiger partial charge in [-0.1, -0.05) is 32.6 Å². The van der Waals surface area contributed by atoms with Crippen molar-refractivity contribution in [2.75, 3.05) is 5.75 Å². The summed E-state index contributed by atoms with van der Waals surface area (Å²) < 4.78 is 26.0. The zero-order valence-electron chi connectivity index (χ0n) is 10.5. The van der Waals surface area contributed by atoms with Gasteiger partial charge in [-0.2, -0.15) is 9.98 Å². The SMILES string of the molecule is CCCCS(=O)(=O)NC(C#N)C1CCCCC1. The van der Waals surface area contributed by atoms with E-state index in [0.29, 0.717) is 6.42 Å². The van der Waals surface area contributed by atoms with Crippen LogP contribution in [0, 0.1) is 17.2 Å². The van der Waals surface area contributed by atoms with E-state index in [1.54, 1.807) is 0 Å². The summed E-state index contributed by atoms with van der Waals surface area (Å²) in [5.41, 5.74) is 0. The maximum Gasteiger partial charge on any atom is 0.212 e. The van der Waals surface area contributed by atoms with Crippen LogP contribution in [0.2, 0.25) is 0 Å². The topological polar surface area (TPSA) is 70.0 Å². The zero-order valence-corrected chi connectivity index (χ0v) is 11.3. The van der Waals surface area contributed by atoms with Crippen molar-refractivity contribution in [2.45, 2.75) is 57.9 Å². The van der Waals surface area contributed by atoms with E-state index in [0.717, 1.165) is 32.1 Å². The Morgan fingerprint density at radius 3 is 2.53 bits per heavy atom. The summed E-state index contributed by atoms with van der Waals surface area (Å²) in [6, 6.07) is 1.58. The lowest BCUT2D eigenvalue weighted by Crippen LogP contribution is -2.41. The van der Waals surface area contributed by atoms with Gasteiger partial charge in [0.2, 0.25) is 10.0 Å².